The van der Waals surface area contributed by atoms with Crippen molar-refractivity contribution >= 4 is 23.6 Å². The number of piperazine rings is 1. The summed E-state index contributed by atoms with van der Waals surface area (Å²) in [5.74, 6) is 1.02. The number of hydrogen-bond donors (Lipinski definition) is 2. The van der Waals surface area contributed by atoms with Crippen LogP contribution in [-0.2, 0) is 4.79 Å². The van der Waals surface area contributed by atoms with Gasteiger partial charge in [0.2, 0.25) is 11.9 Å². The van der Waals surface area contributed by atoms with Gasteiger partial charge in [-0.25, -0.2) is 14.8 Å². The Morgan fingerprint density at radius 3 is 2.50 bits per heavy atom. The molecule has 148 valence electrons. The summed E-state index contributed by atoms with van der Waals surface area (Å²) in [7, 11) is 1.56. The molecule has 3 rings (SSSR count). The number of carbonyl (C=O) groups is 2. The smallest absolute Gasteiger partial charge is 0.318 e. The molecule has 1 aliphatic rings. The zero-order valence-electron chi connectivity index (χ0n) is 16.0. The average molecular weight is 384 g/mol. The van der Waals surface area contributed by atoms with Crippen LogP contribution in [0.15, 0.2) is 42.7 Å². The van der Waals surface area contributed by atoms with E-state index < -0.39 is 6.04 Å². The van der Waals surface area contributed by atoms with Crippen molar-refractivity contribution in [1.82, 2.24) is 20.2 Å². The number of nitrogens with one attached hydrogen (secondary N) is 2. The van der Waals surface area contributed by atoms with Crippen LogP contribution in [0.2, 0.25) is 0 Å². The molecule has 2 N–H and O–H groups in total. The van der Waals surface area contributed by atoms with E-state index in [1.54, 1.807) is 61.7 Å². The largest absolute Gasteiger partial charge is 0.497 e. The molecule has 0 spiro atoms. The second-order valence-corrected chi connectivity index (χ2v) is 6.42. The number of hydrogen-bond acceptors (Lipinski definition) is 6. The minimum Gasteiger partial charge on any atom is -0.497 e. The average Bonchev–Trinajstić information content (AvgIpc) is 2.74. The third-order valence-corrected chi connectivity index (χ3v) is 4.47. The quantitative estimate of drug-likeness (QED) is 0.807. The standard InChI is InChI=1S/C19H24N6O3/c1-14(17(26)23-15-5-3-6-16(13-15)28-2)22-19(27)25-11-9-24(10-12-25)18-20-7-4-8-21-18/h3-8,13-14H,9-12H2,1-2H3,(H,22,27)(H,23,26). The highest BCUT2D eigenvalue weighted by atomic mass is 16.5. The Balaban J connectivity index is 1.48. The minimum absolute atomic E-state index is 0.262. The second-order valence-electron chi connectivity index (χ2n) is 6.42. The Labute approximate surface area is 163 Å². The predicted octanol–water partition coefficient (Wildman–Crippen LogP) is 1.34. The van der Waals surface area contributed by atoms with Gasteiger partial charge in [0, 0.05) is 50.3 Å². The van der Waals surface area contributed by atoms with E-state index in [-0.39, 0.29) is 11.9 Å². The van der Waals surface area contributed by atoms with Gasteiger partial charge in [-0.05, 0) is 25.1 Å². The normalized spacial score (nSPS) is 14.9. The molecule has 0 aliphatic carbocycles. The van der Waals surface area contributed by atoms with E-state index in [9.17, 15) is 9.59 Å². The summed E-state index contributed by atoms with van der Waals surface area (Å²) in [6.45, 7) is 4.01. The first-order chi connectivity index (χ1) is 13.6. The van der Waals surface area contributed by atoms with Crippen molar-refractivity contribution < 1.29 is 14.3 Å². The Morgan fingerprint density at radius 2 is 1.82 bits per heavy atom. The second kappa shape index (κ2) is 9.03. The van der Waals surface area contributed by atoms with Crippen LogP contribution in [0.1, 0.15) is 6.92 Å². The zero-order chi connectivity index (χ0) is 19.9. The lowest BCUT2D eigenvalue weighted by Crippen LogP contribution is -2.55. The number of aromatic nitrogens is 2. The fourth-order valence-electron chi connectivity index (χ4n) is 2.86. The highest BCUT2D eigenvalue weighted by Crippen LogP contribution is 2.17. The molecule has 2 heterocycles. The van der Waals surface area contributed by atoms with Gasteiger partial charge in [0.05, 0.1) is 7.11 Å². The van der Waals surface area contributed by atoms with Crippen LogP contribution < -0.4 is 20.3 Å². The van der Waals surface area contributed by atoms with Crippen molar-refractivity contribution in [2.75, 3.05) is 43.5 Å². The molecule has 1 aromatic heterocycles. The number of ether oxygens (including phenoxy) is 1. The lowest BCUT2D eigenvalue weighted by atomic mass is 10.2. The van der Waals surface area contributed by atoms with E-state index in [0.717, 1.165) is 0 Å². The van der Waals surface area contributed by atoms with Gasteiger partial charge in [0.25, 0.3) is 0 Å². The summed E-state index contributed by atoms with van der Waals surface area (Å²) in [6, 6.07) is 7.90. The van der Waals surface area contributed by atoms with Crippen molar-refractivity contribution in [2.24, 2.45) is 0 Å². The topological polar surface area (TPSA) is 99.7 Å². The molecule has 1 saturated heterocycles. The third-order valence-electron chi connectivity index (χ3n) is 4.47. The fourth-order valence-corrected chi connectivity index (χ4v) is 2.86. The van der Waals surface area contributed by atoms with Gasteiger partial charge in [-0.15, -0.1) is 0 Å². The molecule has 1 aromatic carbocycles. The highest BCUT2D eigenvalue weighted by Gasteiger charge is 2.25. The minimum atomic E-state index is -0.672. The molecule has 1 atom stereocenters. The first kappa shape index (κ1) is 19.4. The molecule has 9 heteroatoms. The Bertz CT molecular complexity index is 808. The Hall–Kier alpha value is -3.36. The first-order valence-corrected chi connectivity index (χ1v) is 9.09. The van der Waals surface area contributed by atoms with Gasteiger partial charge in [0.1, 0.15) is 11.8 Å². The van der Waals surface area contributed by atoms with Crippen LogP contribution in [0.3, 0.4) is 0 Å². The van der Waals surface area contributed by atoms with Crippen LogP contribution in [-0.4, -0.2) is 66.1 Å². The Kier molecular flexibility index (Phi) is 6.25. The maximum absolute atomic E-state index is 12.5. The van der Waals surface area contributed by atoms with Crippen molar-refractivity contribution in [3.05, 3.63) is 42.7 Å². The maximum Gasteiger partial charge on any atom is 0.318 e. The maximum atomic E-state index is 12.5. The van der Waals surface area contributed by atoms with Gasteiger partial charge in [-0.2, -0.15) is 0 Å². The lowest BCUT2D eigenvalue weighted by Gasteiger charge is -2.35. The number of benzene rings is 1. The van der Waals surface area contributed by atoms with Crippen molar-refractivity contribution in [3.63, 3.8) is 0 Å². The number of anilines is 2. The summed E-state index contributed by atoms with van der Waals surface area (Å²) < 4.78 is 5.14. The summed E-state index contributed by atoms with van der Waals surface area (Å²) >= 11 is 0. The molecule has 1 unspecified atom stereocenters. The lowest BCUT2D eigenvalue weighted by molar-refractivity contribution is -0.117. The van der Waals surface area contributed by atoms with Crippen LogP contribution in [0.5, 0.6) is 5.75 Å². The number of rotatable bonds is 5. The van der Waals surface area contributed by atoms with Gasteiger partial charge in [-0.3, -0.25) is 4.79 Å². The molecule has 1 fully saturated rings. The van der Waals surface area contributed by atoms with E-state index in [1.807, 2.05) is 4.90 Å². The summed E-state index contributed by atoms with van der Waals surface area (Å²) in [6.07, 6.45) is 3.40. The van der Waals surface area contributed by atoms with Crippen molar-refractivity contribution in [2.45, 2.75) is 13.0 Å². The molecule has 9 nitrogen and oxygen atoms in total. The molecule has 28 heavy (non-hydrogen) atoms. The Morgan fingerprint density at radius 1 is 1.11 bits per heavy atom. The molecule has 2 aromatic rings. The van der Waals surface area contributed by atoms with Crippen LogP contribution in [0.25, 0.3) is 0 Å². The molecular formula is C19H24N6O3. The number of carbonyl (C=O) groups excluding carboxylic acids is 2. The predicted molar refractivity (Wildman–Crippen MR) is 105 cm³/mol. The van der Waals surface area contributed by atoms with Gasteiger partial charge < -0.3 is 25.2 Å². The van der Waals surface area contributed by atoms with Gasteiger partial charge >= 0.3 is 6.03 Å². The number of nitrogens with zero attached hydrogens (tertiary/aromatic N) is 4. The molecule has 1 aliphatic heterocycles. The summed E-state index contributed by atoms with van der Waals surface area (Å²) in [5.41, 5.74) is 0.613. The van der Waals surface area contributed by atoms with E-state index in [4.69, 9.17) is 4.74 Å². The monoisotopic (exact) mass is 384 g/mol. The number of amides is 3. The molecule has 0 radical (unpaired) electrons. The van der Waals surface area contributed by atoms with E-state index in [1.165, 1.54) is 0 Å². The van der Waals surface area contributed by atoms with E-state index >= 15 is 0 Å². The van der Waals surface area contributed by atoms with Gasteiger partial charge in [0.15, 0.2) is 0 Å². The van der Waals surface area contributed by atoms with Crippen LogP contribution in [0.4, 0.5) is 16.4 Å². The SMILES string of the molecule is COc1cccc(NC(=O)C(C)NC(=O)N2CCN(c3ncccn3)CC2)c1. The zero-order valence-corrected chi connectivity index (χ0v) is 16.0. The third kappa shape index (κ3) is 4.87. The molecular weight excluding hydrogens is 360 g/mol. The first-order valence-electron chi connectivity index (χ1n) is 9.09. The molecule has 3 amide bonds. The number of urea groups is 1. The molecule has 0 saturated carbocycles. The summed E-state index contributed by atoms with van der Waals surface area (Å²) in [5, 5.41) is 5.52. The van der Waals surface area contributed by atoms with Crippen molar-refractivity contribution in [1.29, 1.82) is 0 Å². The summed E-state index contributed by atoms with van der Waals surface area (Å²) in [4.78, 5) is 37.0. The van der Waals surface area contributed by atoms with Crippen LogP contribution >= 0.6 is 0 Å². The number of methoxy groups -OCH3 is 1. The van der Waals surface area contributed by atoms with Crippen LogP contribution in [0, 0.1) is 0 Å². The fraction of sp³-hybridized carbons (Fsp3) is 0.368. The molecule has 0 bridgehead atoms. The van der Waals surface area contributed by atoms with E-state index in [2.05, 4.69) is 20.6 Å². The highest BCUT2D eigenvalue weighted by molar-refractivity contribution is 5.96. The van der Waals surface area contributed by atoms with E-state index in [0.29, 0.717) is 43.6 Å². The van der Waals surface area contributed by atoms with Crippen molar-refractivity contribution in [3.8, 4) is 5.75 Å². The van der Waals surface area contributed by atoms with Gasteiger partial charge in [-0.1, -0.05) is 6.07 Å².